The number of allylic oxidation sites excluding steroid dienone is 1. The Morgan fingerprint density at radius 3 is 2.52 bits per heavy atom. The topological polar surface area (TPSA) is 80.0 Å². The number of ether oxygens (including phenoxy) is 1. The number of methoxy groups -OCH3 is 1. The predicted octanol–water partition coefficient (Wildman–Crippen LogP) is 3.78. The molecule has 1 aromatic heterocycles. The van der Waals surface area contributed by atoms with Crippen molar-refractivity contribution in [3.63, 3.8) is 0 Å². The van der Waals surface area contributed by atoms with E-state index < -0.39 is 5.97 Å². The van der Waals surface area contributed by atoms with E-state index in [-0.39, 0.29) is 11.8 Å². The highest BCUT2D eigenvalue weighted by atomic mass is 16.5. The van der Waals surface area contributed by atoms with Gasteiger partial charge in [-0.05, 0) is 50.8 Å². The number of furan rings is 1. The van der Waals surface area contributed by atoms with Crippen molar-refractivity contribution in [2.45, 2.75) is 33.6 Å². The van der Waals surface area contributed by atoms with E-state index in [2.05, 4.69) is 0 Å². The van der Waals surface area contributed by atoms with Crippen molar-refractivity contribution in [2.75, 3.05) is 20.2 Å². The molecule has 0 saturated carbocycles. The van der Waals surface area contributed by atoms with Crippen molar-refractivity contribution in [2.24, 2.45) is 5.92 Å². The molecule has 1 saturated heterocycles. The number of aliphatic carboxylic acids is 1. The highest BCUT2D eigenvalue weighted by Gasteiger charge is 2.26. The molecule has 0 unspecified atom stereocenters. The van der Waals surface area contributed by atoms with E-state index in [1.165, 1.54) is 0 Å². The zero-order valence-electron chi connectivity index (χ0n) is 16.2. The molecule has 27 heavy (non-hydrogen) atoms. The summed E-state index contributed by atoms with van der Waals surface area (Å²) in [6, 6.07) is 3.85. The van der Waals surface area contributed by atoms with Crippen LogP contribution in [-0.4, -0.2) is 42.1 Å². The molecule has 1 amide bonds. The molecule has 1 aliphatic rings. The maximum absolute atomic E-state index is 12.6. The number of carboxylic acid groups (broad SMARTS) is 1. The van der Waals surface area contributed by atoms with E-state index in [1.807, 2.05) is 32.9 Å². The van der Waals surface area contributed by atoms with E-state index in [1.54, 1.807) is 18.1 Å². The first-order valence-corrected chi connectivity index (χ1v) is 9.10. The van der Waals surface area contributed by atoms with Crippen LogP contribution in [-0.2, 0) is 9.59 Å². The second-order valence-corrected chi connectivity index (χ2v) is 7.10. The van der Waals surface area contributed by atoms with Crippen LogP contribution < -0.4 is 4.74 Å². The van der Waals surface area contributed by atoms with Gasteiger partial charge in [0.1, 0.15) is 17.1 Å². The van der Waals surface area contributed by atoms with E-state index in [0.717, 1.165) is 33.4 Å². The summed E-state index contributed by atoms with van der Waals surface area (Å²) in [5.41, 5.74) is 3.49. The molecule has 2 aromatic rings. The highest BCUT2D eigenvalue weighted by Crippen LogP contribution is 2.35. The number of amides is 1. The number of aryl methyl sites for hydroxylation is 2. The number of benzene rings is 1. The normalized spacial score (nSPS) is 16.0. The fourth-order valence-corrected chi connectivity index (χ4v) is 3.55. The summed E-state index contributed by atoms with van der Waals surface area (Å²) in [5, 5.41) is 10.1. The maximum Gasteiger partial charge on any atom is 0.306 e. The summed E-state index contributed by atoms with van der Waals surface area (Å²) in [6.45, 7) is 6.75. The molecule has 1 fully saturated rings. The Kier molecular flexibility index (Phi) is 5.26. The third kappa shape index (κ3) is 3.70. The number of hydrogen-bond donors (Lipinski definition) is 1. The number of fused-ring (bicyclic) bond motifs is 1. The minimum atomic E-state index is -0.780. The summed E-state index contributed by atoms with van der Waals surface area (Å²) in [4.78, 5) is 25.4. The summed E-state index contributed by atoms with van der Waals surface area (Å²) in [6.07, 6.45) is 2.60. The van der Waals surface area contributed by atoms with Crippen molar-refractivity contribution < 1.29 is 23.8 Å². The van der Waals surface area contributed by atoms with Crippen LogP contribution in [0, 0.1) is 19.8 Å². The van der Waals surface area contributed by atoms with Gasteiger partial charge in [0.25, 0.3) is 0 Å². The lowest BCUT2D eigenvalue weighted by Crippen LogP contribution is -2.39. The van der Waals surface area contributed by atoms with Gasteiger partial charge in [0, 0.05) is 36.2 Å². The van der Waals surface area contributed by atoms with Crippen LogP contribution in [0.1, 0.15) is 36.7 Å². The zero-order valence-corrected chi connectivity index (χ0v) is 16.2. The van der Waals surface area contributed by atoms with Crippen LogP contribution >= 0.6 is 0 Å². The average Bonchev–Trinajstić information content (AvgIpc) is 2.93. The lowest BCUT2D eigenvalue weighted by Gasteiger charge is -2.29. The number of nitrogens with zero attached hydrogens (tertiary/aromatic N) is 1. The first kappa shape index (κ1) is 19.0. The van der Waals surface area contributed by atoms with Gasteiger partial charge in [-0.3, -0.25) is 9.59 Å². The number of rotatable bonds is 4. The van der Waals surface area contributed by atoms with Gasteiger partial charge >= 0.3 is 5.97 Å². The molecule has 144 valence electrons. The van der Waals surface area contributed by atoms with Gasteiger partial charge in [0.2, 0.25) is 5.91 Å². The van der Waals surface area contributed by atoms with Crippen molar-refractivity contribution in [1.29, 1.82) is 0 Å². The highest BCUT2D eigenvalue weighted by molar-refractivity contribution is 5.97. The van der Waals surface area contributed by atoms with Crippen molar-refractivity contribution in [3.8, 4) is 5.75 Å². The molecule has 3 rings (SSSR count). The van der Waals surface area contributed by atoms with Crippen LogP contribution in [0.3, 0.4) is 0 Å². The Morgan fingerprint density at radius 1 is 1.26 bits per heavy atom. The fraction of sp³-hybridized carbons (Fsp3) is 0.429. The van der Waals surface area contributed by atoms with Gasteiger partial charge in [-0.15, -0.1) is 0 Å². The van der Waals surface area contributed by atoms with Gasteiger partial charge < -0.3 is 19.2 Å². The van der Waals surface area contributed by atoms with Crippen molar-refractivity contribution >= 4 is 28.4 Å². The average molecular weight is 371 g/mol. The van der Waals surface area contributed by atoms with Crippen molar-refractivity contribution in [3.05, 3.63) is 35.1 Å². The first-order chi connectivity index (χ1) is 12.8. The predicted molar refractivity (Wildman–Crippen MR) is 103 cm³/mol. The molecule has 1 aromatic carbocycles. The standard InChI is InChI=1S/C21H25NO5/c1-12(9-20(23)22-7-5-15(6-8-22)21(24)25)16-10-17-13(2)14(3)27-19(17)11-18(16)26-4/h9-11,15H,5-8H2,1-4H3,(H,24,25)/b12-9+. The van der Waals surface area contributed by atoms with Crippen LogP contribution in [0.4, 0.5) is 0 Å². The fourth-order valence-electron chi connectivity index (χ4n) is 3.55. The monoisotopic (exact) mass is 371 g/mol. The lowest BCUT2D eigenvalue weighted by molar-refractivity contribution is -0.144. The Hall–Kier alpha value is -2.76. The summed E-state index contributed by atoms with van der Waals surface area (Å²) >= 11 is 0. The van der Waals surface area contributed by atoms with Crippen LogP contribution in [0.15, 0.2) is 22.6 Å². The van der Waals surface area contributed by atoms with Gasteiger partial charge in [0.15, 0.2) is 0 Å². The second-order valence-electron chi connectivity index (χ2n) is 7.10. The molecule has 0 bridgehead atoms. The lowest BCUT2D eigenvalue weighted by atomic mass is 9.96. The molecule has 6 nitrogen and oxygen atoms in total. The minimum absolute atomic E-state index is 0.0985. The van der Waals surface area contributed by atoms with Gasteiger partial charge in [-0.1, -0.05) is 0 Å². The molecule has 1 N–H and O–H groups in total. The molecule has 1 aliphatic heterocycles. The largest absolute Gasteiger partial charge is 0.496 e. The van der Waals surface area contributed by atoms with Crippen molar-refractivity contribution in [1.82, 2.24) is 4.90 Å². The second kappa shape index (κ2) is 7.47. The summed E-state index contributed by atoms with van der Waals surface area (Å²) < 4.78 is 11.3. The van der Waals surface area contributed by atoms with E-state index in [4.69, 9.17) is 14.3 Å². The Balaban J connectivity index is 1.86. The molecule has 2 heterocycles. The number of piperidine rings is 1. The molecule has 0 aliphatic carbocycles. The SMILES string of the molecule is COc1cc2oc(C)c(C)c2cc1/C(C)=C/C(=O)N1CCC(C(=O)O)CC1. The third-order valence-corrected chi connectivity index (χ3v) is 5.42. The van der Waals surface area contributed by atoms with Crippen LogP contribution in [0.2, 0.25) is 0 Å². The Morgan fingerprint density at radius 2 is 1.93 bits per heavy atom. The molecule has 0 spiro atoms. The van der Waals surface area contributed by atoms with E-state index >= 15 is 0 Å². The summed E-state index contributed by atoms with van der Waals surface area (Å²) in [7, 11) is 1.60. The third-order valence-electron chi connectivity index (χ3n) is 5.42. The van der Waals surface area contributed by atoms with E-state index in [0.29, 0.717) is 31.7 Å². The number of carboxylic acids is 1. The molecule has 0 radical (unpaired) electrons. The number of carbonyl (C=O) groups excluding carboxylic acids is 1. The van der Waals surface area contributed by atoms with Crippen LogP contribution in [0.25, 0.3) is 16.5 Å². The number of hydrogen-bond acceptors (Lipinski definition) is 4. The zero-order chi connectivity index (χ0) is 19.7. The molecule has 0 atom stereocenters. The number of likely N-dealkylation sites (tertiary alicyclic amines) is 1. The summed E-state index contributed by atoms with van der Waals surface area (Å²) in [5.74, 6) is 0.288. The number of carbonyl (C=O) groups is 2. The Labute approximate surface area is 158 Å². The Bertz CT molecular complexity index is 916. The van der Waals surface area contributed by atoms with E-state index in [9.17, 15) is 9.59 Å². The van der Waals surface area contributed by atoms with Gasteiger partial charge in [-0.25, -0.2) is 0 Å². The minimum Gasteiger partial charge on any atom is -0.496 e. The smallest absolute Gasteiger partial charge is 0.306 e. The maximum atomic E-state index is 12.6. The molecular formula is C21H25NO5. The molecule has 6 heteroatoms. The van der Waals surface area contributed by atoms with Gasteiger partial charge in [-0.2, -0.15) is 0 Å². The van der Waals surface area contributed by atoms with Gasteiger partial charge in [0.05, 0.1) is 13.0 Å². The van der Waals surface area contributed by atoms with Crippen LogP contribution in [0.5, 0.6) is 5.75 Å². The molecular weight excluding hydrogens is 346 g/mol. The first-order valence-electron chi connectivity index (χ1n) is 9.10. The quantitative estimate of drug-likeness (QED) is 0.827.